The minimum atomic E-state index is -0.448. The molecule has 5 nitrogen and oxygen atoms in total. The number of aryl methyl sites for hydroxylation is 1. The number of hydrogen-bond donors (Lipinski definition) is 1. The highest BCUT2D eigenvalue weighted by atomic mass is 16.6. The first-order chi connectivity index (χ1) is 9.83. The molecule has 5 heteroatoms. The Morgan fingerprint density at radius 3 is 2.52 bits per heavy atom. The van der Waals surface area contributed by atoms with E-state index in [0.29, 0.717) is 0 Å². The zero-order chi connectivity index (χ0) is 15.5. The first-order valence-corrected chi connectivity index (χ1v) is 7.50. The molecule has 1 aliphatic rings. The predicted octanol–water partition coefficient (Wildman–Crippen LogP) is 2.88. The lowest BCUT2D eigenvalue weighted by Crippen LogP contribution is -2.46. The van der Waals surface area contributed by atoms with Gasteiger partial charge in [0.05, 0.1) is 0 Å². The van der Waals surface area contributed by atoms with Gasteiger partial charge in [0, 0.05) is 25.3 Å². The molecule has 2 heterocycles. The van der Waals surface area contributed by atoms with Gasteiger partial charge in [-0.05, 0) is 52.2 Å². The fourth-order valence-corrected chi connectivity index (χ4v) is 2.37. The quantitative estimate of drug-likeness (QED) is 0.910. The molecule has 1 saturated heterocycles. The molecule has 1 fully saturated rings. The fourth-order valence-electron chi connectivity index (χ4n) is 2.37. The molecule has 1 aliphatic heterocycles. The summed E-state index contributed by atoms with van der Waals surface area (Å²) in [4.78, 5) is 18.5. The average molecular weight is 291 g/mol. The standard InChI is InChI=1S/C16H25N3O2/c1-12-5-6-14(17-11-12)19-9-7-13(8-10-19)18-15(20)21-16(2,3)4/h5-6,11,13H,7-10H2,1-4H3,(H,18,20). The number of pyridine rings is 1. The van der Waals surface area contributed by atoms with Gasteiger partial charge in [-0.2, -0.15) is 0 Å². The van der Waals surface area contributed by atoms with Crippen molar-refractivity contribution in [3.63, 3.8) is 0 Å². The summed E-state index contributed by atoms with van der Waals surface area (Å²) in [5.74, 6) is 1.01. The van der Waals surface area contributed by atoms with Crippen molar-refractivity contribution in [2.24, 2.45) is 0 Å². The number of carbonyl (C=O) groups is 1. The number of rotatable bonds is 2. The summed E-state index contributed by atoms with van der Waals surface area (Å²) in [6.07, 6.45) is 3.39. The minimum Gasteiger partial charge on any atom is -0.444 e. The third-order valence-electron chi connectivity index (χ3n) is 3.44. The van der Waals surface area contributed by atoms with Crippen molar-refractivity contribution in [2.45, 2.75) is 52.2 Å². The van der Waals surface area contributed by atoms with E-state index in [1.54, 1.807) is 0 Å². The number of piperidine rings is 1. The van der Waals surface area contributed by atoms with E-state index in [1.165, 1.54) is 5.56 Å². The Balaban J connectivity index is 1.80. The van der Waals surface area contributed by atoms with Crippen LogP contribution in [0.2, 0.25) is 0 Å². The zero-order valence-corrected chi connectivity index (χ0v) is 13.3. The highest BCUT2D eigenvalue weighted by molar-refractivity contribution is 5.68. The van der Waals surface area contributed by atoms with Crippen LogP contribution in [0, 0.1) is 6.92 Å². The molecule has 0 saturated carbocycles. The lowest BCUT2D eigenvalue weighted by molar-refractivity contribution is 0.0497. The van der Waals surface area contributed by atoms with Gasteiger partial charge in [-0.25, -0.2) is 9.78 Å². The van der Waals surface area contributed by atoms with Crippen molar-refractivity contribution in [1.82, 2.24) is 10.3 Å². The van der Waals surface area contributed by atoms with Crippen molar-refractivity contribution in [3.05, 3.63) is 23.9 Å². The molecule has 0 spiro atoms. The maximum atomic E-state index is 11.8. The van der Waals surface area contributed by atoms with Crippen LogP contribution in [0.25, 0.3) is 0 Å². The van der Waals surface area contributed by atoms with E-state index in [1.807, 2.05) is 33.9 Å². The van der Waals surface area contributed by atoms with Crippen LogP contribution in [-0.4, -0.2) is 35.8 Å². The zero-order valence-electron chi connectivity index (χ0n) is 13.3. The summed E-state index contributed by atoms with van der Waals surface area (Å²) in [5, 5.41) is 2.95. The number of carbonyl (C=O) groups excluding carboxylic acids is 1. The van der Waals surface area contributed by atoms with Crippen molar-refractivity contribution >= 4 is 11.9 Å². The van der Waals surface area contributed by atoms with E-state index in [4.69, 9.17) is 4.74 Å². The maximum absolute atomic E-state index is 11.8. The molecule has 0 atom stereocenters. The van der Waals surface area contributed by atoms with Gasteiger partial charge in [0.15, 0.2) is 0 Å². The molecule has 1 amide bonds. The normalized spacial score (nSPS) is 16.7. The first-order valence-electron chi connectivity index (χ1n) is 7.50. The molecule has 21 heavy (non-hydrogen) atoms. The van der Waals surface area contributed by atoms with Gasteiger partial charge in [0.25, 0.3) is 0 Å². The van der Waals surface area contributed by atoms with E-state index in [0.717, 1.165) is 31.7 Å². The van der Waals surface area contributed by atoms with Crippen LogP contribution < -0.4 is 10.2 Å². The van der Waals surface area contributed by atoms with Crippen LogP contribution in [0.3, 0.4) is 0 Å². The Labute approximate surface area is 126 Å². The van der Waals surface area contributed by atoms with Gasteiger partial charge in [0.1, 0.15) is 11.4 Å². The number of hydrogen-bond acceptors (Lipinski definition) is 4. The summed E-state index contributed by atoms with van der Waals surface area (Å²) in [7, 11) is 0. The molecule has 1 N–H and O–H groups in total. The Morgan fingerprint density at radius 2 is 2.00 bits per heavy atom. The van der Waals surface area contributed by atoms with Crippen molar-refractivity contribution in [1.29, 1.82) is 0 Å². The number of alkyl carbamates (subject to hydrolysis) is 1. The van der Waals surface area contributed by atoms with Gasteiger partial charge in [-0.3, -0.25) is 0 Å². The Morgan fingerprint density at radius 1 is 1.33 bits per heavy atom. The number of nitrogens with one attached hydrogen (secondary N) is 1. The largest absolute Gasteiger partial charge is 0.444 e. The van der Waals surface area contributed by atoms with Gasteiger partial charge in [-0.15, -0.1) is 0 Å². The molecule has 116 valence electrons. The molecule has 0 aromatic carbocycles. The average Bonchev–Trinajstić information content (AvgIpc) is 2.38. The molecule has 0 unspecified atom stereocenters. The smallest absolute Gasteiger partial charge is 0.407 e. The van der Waals surface area contributed by atoms with E-state index < -0.39 is 5.60 Å². The number of amides is 1. The van der Waals surface area contributed by atoms with Crippen LogP contribution in [0.1, 0.15) is 39.2 Å². The van der Waals surface area contributed by atoms with Crippen LogP contribution in [0.4, 0.5) is 10.6 Å². The second-order valence-electron chi connectivity index (χ2n) is 6.60. The lowest BCUT2D eigenvalue weighted by Gasteiger charge is -2.33. The van der Waals surface area contributed by atoms with E-state index in [-0.39, 0.29) is 12.1 Å². The van der Waals surface area contributed by atoms with E-state index in [9.17, 15) is 4.79 Å². The summed E-state index contributed by atoms with van der Waals surface area (Å²) in [5.41, 5.74) is 0.719. The van der Waals surface area contributed by atoms with Crippen LogP contribution >= 0.6 is 0 Å². The Hall–Kier alpha value is -1.78. The molecular formula is C16H25N3O2. The second-order valence-corrected chi connectivity index (χ2v) is 6.60. The topological polar surface area (TPSA) is 54.5 Å². The molecular weight excluding hydrogens is 266 g/mol. The van der Waals surface area contributed by atoms with Crippen molar-refractivity contribution in [2.75, 3.05) is 18.0 Å². The van der Waals surface area contributed by atoms with E-state index >= 15 is 0 Å². The molecule has 1 aromatic heterocycles. The van der Waals surface area contributed by atoms with E-state index in [2.05, 4.69) is 27.3 Å². The maximum Gasteiger partial charge on any atom is 0.407 e. The van der Waals surface area contributed by atoms with Gasteiger partial charge >= 0.3 is 6.09 Å². The third kappa shape index (κ3) is 4.92. The number of nitrogens with zero attached hydrogens (tertiary/aromatic N) is 2. The summed E-state index contributed by atoms with van der Waals surface area (Å²) in [6.45, 7) is 9.45. The molecule has 0 bridgehead atoms. The predicted molar refractivity (Wildman–Crippen MR) is 83.6 cm³/mol. The lowest BCUT2D eigenvalue weighted by atomic mass is 10.1. The summed E-state index contributed by atoms with van der Waals surface area (Å²) < 4.78 is 5.29. The first kappa shape index (κ1) is 15.6. The third-order valence-corrected chi connectivity index (χ3v) is 3.44. The molecule has 1 aromatic rings. The monoisotopic (exact) mass is 291 g/mol. The van der Waals surface area contributed by atoms with Crippen LogP contribution in [0.15, 0.2) is 18.3 Å². The highest BCUT2D eigenvalue weighted by Gasteiger charge is 2.23. The minimum absolute atomic E-state index is 0.182. The Bertz CT molecular complexity index is 471. The number of anilines is 1. The Kier molecular flexibility index (Phi) is 4.70. The highest BCUT2D eigenvalue weighted by Crippen LogP contribution is 2.18. The SMILES string of the molecule is Cc1ccc(N2CCC(NC(=O)OC(C)(C)C)CC2)nc1. The number of aromatic nitrogens is 1. The molecule has 2 rings (SSSR count). The van der Waals surface area contributed by atoms with Crippen molar-refractivity contribution in [3.8, 4) is 0 Å². The molecule has 0 radical (unpaired) electrons. The van der Waals surface area contributed by atoms with Crippen LogP contribution in [0.5, 0.6) is 0 Å². The number of ether oxygens (including phenoxy) is 1. The van der Waals surface area contributed by atoms with Crippen LogP contribution in [-0.2, 0) is 4.74 Å². The van der Waals surface area contributed by atoms with Gasteiger partial charge in [0.2, 0.25) is 0 Å². The molecule has 0 aliphatic carbocycles. The van der Waals surface area contributed by atoms with Crippen molar-refractivity contribution < 1.29 is 9.53 Å². The fraction of sp³-hybridized carbons (Fsp3) is 0.625. The second kappa shape index (κ2) is 6.33. The van der Waals surface area contributed by atoms with Gasteiger partial charge < -0.3 is 15.0 Å². The van der Waals surface area contributed by atoms with Gasteiger partial charge in [-0.1, -0.05) is 6.07 Å². The summed E-state index contributed by atoms with van der Waals surface area (Å²) >= 11 is 0. The summed E-state index contributed by atoms with van der Waals surface area (Å²) in [6, 6.07) is 4.31.